The van der Waals surface area contributed by atoms with Gasteiger partial charge in [0.05, 0.1) is 35.8 Å². The van der Waals surface area contributed by atoms with Gasteiger partial charge in [0.2, 0.25) is 5.95 Å². The van der Waals surface area contributed by atoms with Crippen molar-refractivity contribution < 1.29 is 9.53 Å². The maximum Gasteiger partial charge on any atom is 0.267 e. The minimum absolute atomic E-state index is 0.166. The van der Waals surface area contributed by atoms with Crippen LogP contribution in [0.5, 0.6) is 0 Å². The van der Waals surface area contributed by atoms with Crippen LogP contribution >= 0.6 is 0 Å². The van der Waals surface area contributed by atoms with Crippen molar-refractivity contribution in [3.8, 4) is 5.69 Å². The first-order valence-corrected chi connectivity index (χ1v) is 12.1. The molecule has 184 valence electrons. The number of anilines is 1. The van der Waals surface area contributed by atoms with E-state index in [9.17, 15) is 9.59 Å². The first-order chi connectivity index (χ1) is 17.4. The molecule has 0 aliphatic carbocycles. The second kappa shape index (κ2) is 9.91. The van der Waals surface area contributed by atoms with Crippen molar-refractivity contribution >= 4 is 22.8 Å². The molecule has 2 aromatic heterocycles. The van der Waals surface area contributed by atoms with E-state index in [1.807, 2.05) is 51.1 Å². The highest BCUT2D eigenvalue weighted by atomic mass is 16.5. The van der Waals surface area contributed by atoms with Crippen molar-refractivity contribution in [1.82, 2.24) is 19.9 Å². The largest absolute Gasteiger partial charge is 0.378 e. The number of hydrogen-bond donors (Lipinski definition) is 1. The molecule has 36 heavy (non-hydrogen) atoms. The summed E-state index contributed by atoms with van der Waals surface area (Å²) in [5.41, 5.74) is 4.71. The summed E-state index contributed by atoms with van der Waals surface area (Å²) in [5, 5.41) is 3.46. The maximum atomic E-state index is 13.8. The predicted octanol–water partition coefficient (Wildman–Crippen LogP) is 3.73. The molecule has 1 N–H and O–H groups in total. The Kier molecular flexibility index (Phi) is 6.52. The van der Waals surface area contributed by atoms with Crippen LogP contribution in [-0.4, -0.2) is 46.7 Å². The number of nitrogens with one attached hydrogen (secondary N) is 1. The number of ether oxygens (including phenoxy) is 1. The zero-order valence-corrected chi connectivity index (χ0v) is 20.7. The van der Waals surface area contributed by atoms with E-state index in [0.29, 0.717) is 48.7 Å². The van der Waals surface area contributed by atoms with Crippen LogP contribution < -0.4 is 15.8 Å². The van der Waals surface area contributed by atoms with Gasteiger partial charge in [-0.3, -0.25) is 14.6 Å². The fraction of sp³-hybridized carbons (Fsp3) is 0.286. The summed E-state index contributed by atoms with van der Waals surface area (Å²) in [5.74, 6) is 0.321. The number of rotatable bonds is 5. The van der Waals surface area contributed by atoms with Gasteiger partial charge in [0.1, 0.15) is 0 Å². The maximum absolute atomic E-state index is 13.8. The highest BCUT2D eigenvalue weighted by molar-refractivity contribution is 5.98. The SMILES string of the molecule is Cc1ccc(-n2c(N3CCOCC3)nc3cc(C(=O)N[C@H](C)c4cccnc4)ccc3c2=O)cc1C. The van der Waals surface area contributed by atoms with E-state index >= 15 is 0 Å². The summed E-state index contributed by atoms with van der Waals surface area (Å²) in [6.45, 7) is 8.38. The third kappa shape index (κ3) is 4.59. The lowest BCUT2D eigenvalue weighted by atomic mass is 10.1. The molecule has 5 rings (SSSR count). The zero-order chi connectivity index (χ0) is 25.2. The van der Waals surface area contributed by atoms with Crippen molar-refractivity contribution in [2.24, 2.45) is 0 Å². The lowest BCUT2D eigenvalue weighted by Crippen LogP contribution is -2.40. The van der Waals surface area contributed by atoms with Gasteiger partial charge in [-0.1, -0.05) is 12.1 Å². The van der Waals surface area contributed by atoms with E-state index in [4.69, 9.17) is 9.72 Å². The van der Waals surface area contributed by atoms with E-state index in [0.717, 1.165) is 22.4 Å². The molecule has 4 aromatic rings. The Morgan fingerprint density at radius 3 is 2.58 bits per heavy atom. The van der Waals surface area contributed by atoms with Crippen LogP contribution in [0.2, 0.25) is 0 Å². The van der Waals surface area contributed by atoms with Gasteiger partial charge in [0.15, 0.2) is 0 Å². The number of carbonyl (C=O) groups is 1. The minimum atomic E-state index is -0.235. The lowest BCUT2D eigenvalue weighted by Gasteiger charge is -2.30. The number of nitrogens with zero attached hydrogens (tertiary/aromatic N) is 4. The van der Waals surface area contributed by atoms with E-state index in [2.05, 4.69) is 15.2 Å². The second-order valence-electron chi connectivity index (χ2n) is 9.13. The smallest absolute Gasteiger partial charge is 0.267 e. The lowest BCUT2D eigenvalue weighted by molar-refractivity contribution is 0.0940. The molecule has 0 unspecified atom stereocenters. The molecular formula is C28H29N5O3. The van der Waals surface area contributed by atoms with Crippen molar-refractivity contribution in [3.63, 3.8) is 0 Å². The van der Waals surface area contributed by atoms with Crippen LogP contribution in [0.25, 0.3) is 16.6 Å². The average Bonchev–Trinajstić information content (AvgIpc) is 2.91. The van der Waals surface area contributed by atoms with Gasteiger partial charge in [0.25, 0.3) is 11.5 Å². The van der Waals surface area contributed by atoms with Crippen LogP contribution in [0.4, 0.5) is 5.95 Å². The van der Waals surface area contributed by atoms with Gasteiger partial charge in [-0.2, -0.15) is 0 Å². The van der Waals surface area contributed by atoms with Crippen LogP contribution in [0, 0.1) is 13.8 Å². The quantitative estimate of drug-likeness (QED) is 0.465. The molecule has 8 heteroatoms. The third-order valence-electron chi connectivity index (χ3n) is 6.69. The molecule has 0 radical (unpaired) electrons. The minimum Gasteiger partial charge on any atom is -0.378 e. The highest BCUT2D eigenvalue weighted by Gasteiger charge is 2.22. The molecule has 1 aliphatic rings. The van der Waals surface area contributed by atoms with Crippen molar-refractivity contribution in [1.29, 1.82) is 0 Å². The van der Waals surface area contributed by atoms with Gasteiger partial charge >= 0.3 is 0 Å². The molecule has 1 atom stereocenters. The zero-order valence-electron chi connectivity index (χ0n) is 20.7. The van der Waals surface area contributed by atoms with Gasteiger partial charge in [-0.25, -0.2) is 9.55 Å². The molecule has 1 amide bonds. The fourth-order valence-corrected chi connectivity index (χ4v) is 4.38. The van der Waals surface area contributed by atoms with E-state index in [1.165, 1.54) is 0 Å². The number of aryl methyl sites for hydroxylation is 2. The van der Waals surface area contributed by atoms with Crippen LogP contribution in [0.1, 0.15) is 40.0 Å². The molecule has 1 fully saturated rings. The van der Waals surface area contributed by atoms with Crippen molar-refractivity contribution in [2.75, 3.05) is 31.2 Å². The van der Waals surface area contributed by atoms with E-state index < -0.39 is 0 Å². The number of aromatic nitrogens is 3. The highest BCUT2D eigenvalue weighted by Crippen LogP contribution is 2.23. The normalized spacial score (nSPS) is 14.6. The number of morpholine rings is 1. The first-order valence-electron chi connectivity index (χ1n) is 12.1. The summed E-state index contributed by atoms with van der Waals surface area (Å²) in [7, 11) is 0. The van der Waals surface area contributed by atoms with Gasteiger partial charge in [-0.05, 0) is 73.9 Å². The standard InChI is InChI=1S/C28H29N5O3/c1-18-6-8-23(15-19(18)2)33-27(35)24-9-7-21(26(34)30-20(3)22-5-4-10-29-17-22)16-25(24)31-28(33)32-11-13-36-14-12-32/h4-10,15-17,20H,11-14H2,1-3H3,(H,30,34)/t20-/m1/s1. The predicted molar refractivity (Wildman–Crippen MR) is 140 cm³/mol. The number of fused-ring (bicyclic) bond motifs is 1. The number of hydrogen-bond acceptors (Lipinski definition) is 6. The summed E-state index contributed by atoms with van der Waals surface area (Å²) in [4.78, 5) is 37.9. The molecule has 3 heterocycles. The van der Waals surface area contributed by atoms with Gasteiger partial charge < -0.3 is 15.0 Å². The molecule has 1 saturated heterocycles. The van der Waals surface area contributed by atoms with E-state index in [-0.39, 0.29) is 17.5 Å². The molecule has 1 aliphatic heterocycles. The van der Waals surface area contributed by atoms with Crippen LogP contribution in [0.15, 0.2) is 65.7 Å². The van der Waals surface area contributed by atoms with Gasteiger partial charge in [-0.15, -0.1) is 0 Å². The number of pyridine rings is 1. The molecule has 2 aromatic carbocycles. The third-order valence-corrected chi connectivity index (χ3v) is 6.69. The summed E-state index contributed by atoms with van der Waals surface area (Å²) in [6.07, 6.45) is 3.43. The molecule has 0 saturated carbocycles. The Labute approximate surface area is 209 Å². The number of carbonyl (C=O) groups excluding carboxylic acids is 1. The molecule has 8 nitrogen and oxygen atoms in total. The van der Waals surface area contributed by atoms with Crippen molar-refractivity contribution in [2.45, 2.75) is 26.8 Å². The molecule has 0 bridgehead atoms. The topological polar surface area (TPSA) is 89.3 Å². The Balaban J connectivity index is 1.58. The Hall–Kier alpha value is -4.04. The number of amides is 1. The van der Waals surface area contributed by atoms with Crippen molar-refractivity contribution in [3.05, 3.63) is 93.5 Å². The summed E-state index contributed by atoms with van der Waals surface area (Å²) < 4.78 is 7.20. The Bertz CT molecular complexity index is 1480. The average molecular weight is 484 g/mol. The molecule has 0 spiro atoms. The fourth-order valence-electron chi connectivity index (χ4n) is 4.38. The van der Waals surface area contributed by atoms with Crippen LogP contribution in [-0.2, 0) is 4.74 Å². The summed E-state index contributed by atoms with van der Waals surface area (Å²) >= 11 is 0. The van der Waals surface area contributed by atoms with Crippen LogP contribution in [0.3, 0.4) is 0 Å². The summed E-state index contributed by atoms with van der Waals surface area (Å²) in [6, 6.07) is 14.6. The number of benzene rings is 2. The van der Waals surface area contributed by atoms with E-state index in [1.54, 1.807) is 35.2 Å². The van der Waals surface area contributed by atoms with Gasteiger partial charge in [0, 0.05) is 31.0 Å². The Morgan fingerprint density at radius 2 is 1.86 bits per heavy atom. The second-order valence-corrected chi connectivity index (χ2v) is 9.13. The monoisotopic (exact) mass is 483 g/mol. The Morgan fingerprint density at radius 1 is 1.06 bits per heavy atom. The first kappa shape index (κ1) is 23.7. The molecular weight excluding hydrogens is 454 g/mol.